The fraction of sp³-hybridized carbons (Fsp3) is 0.0909. The molecule has 0 amide bonds. The van der Waals surface area contributed by atoms with E-state index in [1.807, 2.05) is 36.6 Å². The van der Waals surface area contributed by atoms with E-state index in [-0.39, 0.29) is 24.8 Å². The Morgan fingerprint density at radius 3 is 2.31 bits per heavy atom. The van der Waals surface area contributed by atoms with Crippen molar-refractivity contribution in [1.82, 2.24) is 0 Å². The molecule has 0 unspecified atom stereocenters. The summed E-state index contributed by atoms with van der Waals surface area (Å²) < 4.78 is 0. The second kappa shape index (κ2) is 5.99. The number of nitrogens with two attached hydrogens (primary N) is 2. The van der Waals surface area contributed by atoms with E-state index in [9.17, 15) is 0 Å². The van der Waals surface area contributed by atoms with E-state index in [4.69, 9.17) is 11.5 Å². The van der Waals surface area contributed by atoms with Gasteiger partial charge in [-0.3, -0.25) is 0 Å². The normalized spacial score (nSPS) is 9.06. The van der Waals surface area contributed by atoms with Crippen molar-refractivity contribution >= 4 is 47.5 Å². The highest BCUT2D eigenvalue weighted by Gasteiger charge is 2.05. The topological polar surface area (TPSA) is 52.0 Å². The number of benzene rings is 1. The van der Waals surface area contributed by atoms with Gasteiger partial charge in [-0.05, 0) is 36.1 Å². The predicted octanol–water partition coefficient (Wildman–Crippen LogP) is 3.73. The first-order chi connectivity index (χ1) is 6.68. The number of anilines is 2. The van der Waals surface area contributed by atoms with Crippen LogP contribution in [-0.4, -0.2) is 0 Å². The summed E-state index contributed by atoms with van der Waals surface area (Å²) in [7, 11) is 0. The average Bonchev–Trinajstić information content (AvgIpc) is 2.64. The highest BCUT2D eigenvalue weighted by molar-refractivity contribution is 7.13. The first-order valence-corrected chi connectivity index (χ1v) is 5.26. The molecule has 2 nitrogen and oxygen atoms in total. The van der Waals surface area contributed by atoms with Crippen LogP contribution < -0.4 is 11.5 Å². The number of halogens is 2. The molecule has 0 aliphatic heterocycles. The molecule has 4 N–H and O–H groups in total. The second-order valence-electron chi connectivity index (χ2n) is 3.27. The van der Waals surface area contributed by atoms with E-state index in [1.54, 1.807) is 11.3 Å². The van der Waals surface area contributed by atoms with Gasteiger partial charge in [-0.1, -0.05) is 6.07 Å². The third-order valence-electron chi connectivity index (χ3n) is 2.22. The molecule has 2 aromatic rings. The monoisotopic (exact) mass is 276 g/mol. The van der Waals surface area contributed by atoms with E-state index in [0.29, 0.717) is 0 Å². The minimum Gasteiger partial charge on any atom is -0.398 e. The number of thiophene rings is 1. The molecule has 0 fully saturated rings. The molecular formula is C11H14Cl2N2S. The van der Waals surface area contributed by atoms with E-state index in [2.05, 4.69) is 0 Å². The smallest absolute Gasteiger partial charge is 0.0406 e. The van der Waals surface area contributed by atoms with Crippen LogP contribution in [0.2, 0.25) is 0 Å². The van der Waals surface area contributed by atoms with Gasteiger partial charge in [-0.15, -0.1) is 36.2 Å². The Bertz CT molecular complexity index is 455. The van der Waals surface area contributed by atoms with Gasteiger partial charge < -0.3 is 11.5 Å². The summed E-state index contributed by atoms with van der Waals surface area (Å²) in [6.07, 6.45) is 0. The number of nitrogen functional groups attached to an aromatic ring is 2. The molecular weight excluding hydrogens is 263 g/mol. The molecule has 0 spiro atoms. The highest BCUT2D eigenvalue weighted by Crippen LogP contribution is 2.32. The number of hydrogen-bond acceptors (Lipinski definition) is 3. The van der Waals surface area contributed by atoms with Crippen molar-refractivity contribution in [3.05, 3.63) is 35.2 Å². The van der Waals surface area contributed by atoms with E-state index in [1.165, 1.54) is 0 Å². The largest absolute Gasteiger partial charge is 0.398 e. The minimum absolute atomic E-state index is 0. The molecule has 0 aliphatic rings. The maximum atomic E-state index is 5.93. The van der Waals surface area contributed by atoms with Crippen molar-refractivity contribution in [2.45, 2.75) is 6.92 Å². The fourth-order valence-corrected chi connectivity index (χ4v) is 2.16. The van der Waals surface area contributed by atoms with Gasteiger partial charge in [-0.2, -0.15) is 0 Å². The van der Waals surface area contributed by atoms with Gasteiger partial charge in [-0.25, -0.2) is 0 Å². The summed E-state index contributed by atoms with van der Waals surface area (Å²) in [6.45, 7) is 1.96. The lowest BCUT2D eigenvalue weighted by Crippen LogP contribution is -1.95. The van der Waals surface area contributed by atoms with Crippen molar-refractivity contribution in [2.75, 3.05) is 11.5 Å². The number of hydrogen-bond donors (Lipinski definition) is 2. The zero-order chi connectivity index (χ0) is 10.1. The molecule has 0 bridgehead atoms. The van der Waals surface area contributed by atoms with Crippen LogP contribution in [0, 0.1) is 6.92 Å². The second-order valence-corrected chi connectivity index (χ2v) is 4.22. The van der Waals surface area contributed by atoms with Crippen LogP contribution in [0.25, 0.3) is 10.4 Å². The third-order valence-corrected chi connectivity index (χ3v) is 3.13. The van der Waals surface area contributed by atoms with Crippen molar-refractivity contribution < 1.29 is 0 Å². The fourth-order valence-electron chi connectivity index (χ4n) is 1.39. The van der Waals surface area contributed by atoms with Crippen LogP contribution in [-0.2, 0) is 0 Å². The molecule has 2 rings (SSSR count). The Morgan fingerprint density at radius 2 is 1.75 bits per heavy atom. The molecule has 88 valence electrons. The Kier molecular flexibility index (Phi) is 5.65. The Balaban J connectivity index is 0.00000112. The van der Waals surface area contributed by atoms with Gasteiger partial charge in [0.2, 0.25) is 0 Å². The van der Waals surface area contributed by atoms with Crippen molar-refractivity contribution in [1.29, 1.82) is 0 Å². The van der Waals surface area contributed by atoms with Crippen LogP contribution in [0.3, 0.4) is 0 Å². The molecule has 0 atom stereocenters. The molecule has 1 aromatic carbocycles. The zero-order valence-corrected chi connectivity index (χ0v) is 11.2. The minimum atomic E-state index is 0. The molecule has 1 heterocycles. The molecule has 16 heavy (non-hydrogen) atoms. The van der Waals surface area contributed by atoms with Crippen LogP contribution in [0.4, 0.5) is 11.4 Å². The number of aryl methyl sites for hydroxylation is 1. The Labute approximate surface area is 111 Å². The van der Waals surface area contributed by atoms with E-state index in [0.717, 1.165) is 27.4 Å². The molecule has 0 radical (unpaired) electrons. The summed E-state index contributed by atoms with van der Waals surface area (Å²) in [4.78, 5) is 1.16. The molecule has 0 saturated carbocycles. The lowest BCUT2D eigenvalue weighted by Gasteiger charge is -2.07. The SMILES string of the molecule is Cc1cc(N)c(-c2cccs2)cc1N.Cl.Cl. The van der Waals surface area contributed by atoms with Crippen LogP contribution in [0.1, 0.15) is 5.56 Å². The highest BCUT2D eigenvalue weighted by atomic mass is 35.5. The summed E-state index contributed by atoms with van der Waals surface area (Å²) in [6, 6.07) is 7.92. The van der Waals surface area contributed by atoms with Crippen molar-refractivity contribution in [3.8, 4) is 10.4 Å². The van der Waals surface area contributed by atoms with Crippen molar-refractivity contribution in [3.63, 3.8) is 0 Å². The first kappa shape index (κ1) is 15.1. The average molecular weight is 277 g/mol. The van der Waals surface area contributed by atoms with Gasteiger partial charge in [0.05, 0.1) is 0 Å². The van der Waals surface area contributed by atoms with Crippen LogP contribution in [0.5, 0.6) is 0 Å². The molecule has 5 heteroatoms. The third kappa shape index (κ3) is 2.82. The quantitative estimate of drug-likeness (QED) is 0.780. The Hall–Kier alpha value is -0.900. The van der Waals surface area contributed by atoms with Gasteiger partial charge in [0.25, 0.3) is 0 Å². The predicted molar refractivity (Wildman–Crippen MR) is 77.8 cm³/mol. The summed E-state index contributed by atoms with van der Waals surface area (Å²) in [5, 5.41) is 2.03. The molecule has 0 saturated heterocycles. The number of rotatable bonds is 1. The zero-order valence-electron chi connectivity index (χ0n) is 8.77. The van der Waals surface area contributed by atoms with Crippen molar-refractivity contribution in [2.24, 2.45) is 0 Å². The van der Waals surface area contributed by atoms with E-state index < -0.39 is 0 Å². The van der Waals surface area contributed by atoms with E-state index >= 15 is 0 Å². The Morgan fingerprint density at radius 1 is 1.06 bits per heavy atom. The molecule has 0 aliphatic carbocycles. The van der Waals surface area contributed by atoms with Gasteiger partial charge in [0, 0.05) is 21.8 Å². The van der Waals surface area contributed by atoms with Gasteiger partial charge >= 0.3 is 0 Å². The van der Waals surface area contributed by atoms with Crippen LogP contribution >= 0.6 is 36.2 Å². The molecule has 1 aromatic heterocycles. The van der Waals surface area contributed by atoms with Gasteiger partial charge in [0.1, 0.15) is 0 Å². The lowest BCUT2D eigenvalue weighted by atomic mass is 10.1. The maximum absolute atomic E-state index is 5.93. The lowest BCUT2D eigenvalue weighted by molar-refractivity contribution is 1.47. The summed E-state index contributed by atoms with van der Waals surface area (Å²) >= 11 is 1.67. The van der Waals surface area contributed by atoms with Crippen LogP contribution in [0.15, 0.2) is 29.6 Å². The summed E-state index contributed by atoms with van der Waals surface area (Å²) in [5.74, 6) is 0. The standard InChI is InChI=1S/C11H12N2S.2ClH/c1-7-5-10(13)8(6-9(7)12)11-3-2-4-14-11;;/h2-6H,12-13H2,1H3;2*1H. The maximum Gasteiger partial charge on any atom is 0.0406 e. The first-order valence-electron chi connectivity index (χ1n) is 4.38. The van der Waals surface area contributed by atoms with Gasteiger partial charge in [0.15, 0.2) is 0 Å². The summed E-state index contributed by atoms with van der Waals surface area (Å²) in [5.41, 5.74) is 15.4.